The molecule has 2 saturated heterocycles. The van der Waals surface area contributed by atoms with Crippen LogP contribution in [0.3, 0.4) is 0 Å². The zero-order valence-corrected chi connectivity index (χ0v) is 26.8. The summed E-state index contributed by atoms with van der Waals surface area (Å²) in [5.74, 6) is -1.62. The third-order valence-corrected chi connectivity index (χ3v) is 8.60. The van der Waals surface area contributed by atoms with Crippen LogP contribution in [0.1, 0.15) is 74.6 Å². The molecule has 0 radical (unpaired) electrons. The predicted octanol–water partition coefficient (Wildman–Crippen LogP) is 6.56. The molecule has 0 atom stereocenters. The molecule has 0 saturated carbocycles. The number of halogens is 3. The number of rotatable bonds is 12. The number of allylic oxidation sites excluding steroid dienone is 1. The van der Waals surface area contributed by atoms with Crippen molar-refractivity contribution in [1.29, 1.82) is 0 Å². The van der Waals surface area contributed by atoms with Gasteiger partial charge in [-0.15, -0.1) is 0 Å². The van der Waals surface area contributed by atoms with Gasteiger partial charge in [-0.1, -0.05) is 56.2 Å². The monoisotopic (exact) mass is 658 g/mol. The summed E-state index contributed by atoms with van der Waals surface area (Å²) in [6.45, 7) is 7.56. The van der Waals surface area contributed by atoms with Crippen molar-refractivity contribution in [3.05, 3.63) is 65.4 Å². The highest BCUT2D eigenvalue weighted by atomic mass is 19.4. The lowest BCUT2D eigenvalue weighted by Crippen LogP contribution is -2.36. The number of benzene rings is 2. The summed E-state index contributed by atoms with van der Waals surface area (Å²) in [4.78, 5) is 22.1. The van der Waals surface area contributed by atoms with E-state index >= 15 is 0 Å². The Morgan fingerprint density at radius 2 is 1.70 bits per heavy atom. The summed E-state index contributed by atoms with van der Waals surface area (Å²) in [6, 6.07) is 15.2. The Morgan fingerprint density at radius 3 is 2.32 bits per heavy atom. The van der Waals surface area contributed by atoms with Crippen LogP contribution in [0.25, 0.3) is 17.0 Å². The smallest absolute Gasteiger partial charge is 0.490 e. The molecule has 3 aromatic rings. The first kappa shape index (κ1) is 35.9. The number of piperidine rings is 2. The Kier molecular flexibility index (Phi) is 13.2. The van der Waals surface area contributed by atoms with Crippen LogP contribution in [-0.4, -0.2) is 82.3 Å². The van der Waals surface area contributed by atoms with Gasteiger partial charge in [-0.3, -0.25) is 14.4 Å². The minimum atomic E-state index is -5.08. The summed E-state index contributed by atoms with van der Waals surface area (Å²) < 4.78 is 39.8. The van der Waals surface area contributed by atoms with Crippen LogP contribution in [0.4, 0.5) is 13.2 Å². The molecule has 3 heterocycles. The summed E-state index contributed by atoms with van der Waals surface area (Å²) >= 11 is 0. The van der Waals surface area contributed by atoms with Crippen molar-refractivity contribution in [2.45, 2.75) is 70.5 Å². The highest BCUT2D eigenvalue weighted by Gasteiger charge is 2.38. The number of nitrogens with zero attached hydrogens (tertiary/aromatic N) is 3. The van der Waals surface area contributed by atoms with Crippen LogP contribution in [0.2, 0.25) is 0 Å². The van der Waals surface area contributed by atoms with Gasteiger partial charge in [-0.2, -0.15) is 18.3 Å². The van der Waals surface area contributed by atoms with Crippen molar-refractivity contribution in [3.63, 3.8) is 0 Å². The van der Waals surface area contributed by atoms with Crippen LogP contribution in [-0.2, 0) is 16.1 Å². The van der Waals surface area contributed by atoms with Crippen LogP contribution in [0, 0.1) is 5.92 Å². The fourth-order valence-corrected chi connectivity index (χ4v) is 5.99. The van der Waals surface area contributed by atoms with Crippen LogP contribution >= 0.6 is 0 Å². The Balaban J connectivity index is 0.000000644. The van der Waals surface area contributed by atoms with Crippen molar-refractivity contribution >= 4 is 28.9 Å². The topological polar surface area (TPSA) is 117 Å². The number of hydrogen-bond acceptors (Lipinski definition) is 6. The molecule has 12 heteroatoms. The molecule has 2 aliphatic heterocycles. The maximum Gasteiger partial charge on any atom is 0.490 e. The van der Waals surface area contributed by atoms with Crippen molar-refractivity contribution in [3.8, 4) is 5.75 Å². The van der Waals surface area contributed by atoms with Gasteiger partial charge in [0, 0.05) is 11.3 Å². The molecule has 0 amide bonds. The molecule has 1 aromatic heterocycles. The Labute approximate surface area is 273 Å². The van der Waals surface area contributed by atoms with E-state index < -0.39 is 18.1 Å². The summed E-state index contributed by atoms with van der Waals surface area (Å²) in [5, 5.41) is 26.2. The van der Waals surface area contributed by atoms with E-state index in [0.29, 0.717) is 18.4 Å². The Bertz CT molecular complexity index is 1470. The number of unbranched alkanes of at least 4 members (excludes halogenated alkanes) is 2. The zero-order chi connectivity index (χ0) is 33.8. The molecule has 2 aliphatic rings. The number of carboxylic acids is 2. The van der Waals surface area contributed by atoms with Crippen LogP contribution in [0.15, 0.2) is 48.5 Å². The molecule has 0 aliphatic carbocycles. The number of nitrogens with one attached hydrogen (secondary N) is 1. The van der Waals surface area contributed by atoms with E-state index in [4.69, 9.17) is 19.7 Å². The highest BCUT2D eigenvalue weighted by Crippen LogP contribution is 2.34. The largest absolute Gasteiger partial charge is 0.494 e. The van der Waals surface area contributed by atoms with Gasteiger partial charge in [0.15, 0.2) is 0 Å². The highest BCUT2D eigenvalue weighted by molar-refractivity contribution is 5.85. The predicted molar refractivity (Wildman–Crippen MR) is 175 cm³/mol. The maximum absolute atomic E-state index is 11.2. The molecular weight excluding hydrogens is 613 g/mol. The second kappa shape index (κ2) is 17.3. The van der Waals surface area contributed by atoms with E-state index in [9.17, 15) is 23.1 Å². The fourth-order valence-electron chi connectivity index (χ4n) is 5.99. The molecule has 3 N–H and O–H groups in total. The van der Waals surface area contributed by atoms with E-state index in [1.165, 1.54) is 42.2 Å². The fraction of sp³-hybridized carbons (Fsp3) is 0.514. The molecule has 47 heavy (non-hydrogen) atoms. The van der Waals surface area contributed by atoms with Crippen LogP contribution < -0.4 is 10.1 Å². The minimum Gasteiger partial charge on any atom is -0.494 e. The lowest BCUT2D eigenvalue weighted by atomic mass is 9.91. The molecule has 2 fully saturated rings. The van der Waals surface area contributed by atoms with E-state index in [0.717, 1.165) is 69.0 Å². The summed E-state index contributed by atoms with van der Waals surface area (Å²) in [5.41, 5.74) is 4.72. The Hall–Kier alpha value is -3.90. The molecule has 256 valence electrons. The first-order valence-electron chi connectivity index (χ1n) is 16.4. The average molecular weight is 659 g/mol. The van der Waals surface area contributed by atoms with Gasteiger partial charge < -0.3 is 20.3 Å². The van der Waals surface area contributed by atoms with Gasteiger partial charge in [-0.05, 0) is 93.5 Å². The van der Waals surface area contributed by atoms with E-state index in [-0.39, 0.29) is 6.54 Å². The lowest BCUT2D eigenvalue weighted by molar-refractivity contribution is -0.192. The van der Waals surface area contributed by atoms with E-state index in [2.05, 4.69) is 71.5 Å². The van der Waals surface area contributed by atoms with Gasteiger partial charge in [0.2, 0.25) is 0 Å². The second-order valence-corrected chi connectivity index (χ2v) is 12.2. The van der Waals surface area contributed by atoms with Crippen molar-refractivity contribution in [1.82, 2.24) is 20.0 Å². The number of aliphatic carboxylic acids is 2. The minimum absolute atomic E-state index is 0.118. The van der Waals surface area contributed by atoms with Gasteiger partial charge in [0.05, 0.1) is 30.9 Å². The lowest BCUT2D eigenvalue weighted by Gasteiger charge is -2.30. The SMILES string of the molecule is CCCCCOc1ccc(Cn2nc(C3CCN(CC(=O)O)CC3)c3ccc(/C=C/C4CCNCC4)cc32)cc1.O=C(O)C(F)(F)F. The van der Waals surface area contributed by atoms with Crippen molar-refractivity contribution in [2.24, 2.45) is 5.92 Å². The molecule has 0 spiro atoms. The third-order valence-electron chi connectivity index (χ3n) is 8.60. The molecule has 9 nitrogen and oxygen atoms in total. The number of carbonyl (C=O) groups is 2. The zero-order valence-electron chi connectivity index (χ0n) is 26.8. The quantitative estimate of drug-likeness (QED) is 0.187. The number of alkyl halides is 3. The number of hydrogen-bond donors (Lipinski definition) is 3. The number of carboxylic acid groups (broad SMARTS) is 2. The van der Waals surface area contributed by atoms with Crippen LogP contribution in [0.5, 0.6) is 5.75 Å². The molecule has 0 bridgehead atoms. The summed E-state index contributed by atoms with van der Waals surface area (Å²) in [6.07, 6.45) is 7.30. The standard InChI is InChI=1S/C33H44N4O3.C2HF3O2/c1-2-3-4-21-40-29-10-7-27(8-11-29)23-37-31-22-26(6-5-25-13-17-34-18-14-25)9-12-30(31)33(35-37)28-15-19-36(20-16-28)24-32(38)39;3-2(4,5)1(6)7/h5-12,22,25,28,34H,2-4,13-21,23-24H2,1H3,(H,38,39);(H,6,7)/b6-5+;. The molecule has 2 aromatic carbocycles. The number of aromatic nitrogens is 2. The first-order chi connectivity index (χ1) is 22.5. The van der Waals surface area contributed by atoms with Gasteiger partial charge in [0.25, 0.3) is 0 Å². The average Bonchev–Trinajstić information content (AvgIpc) is 3.40. The maximum atomic E-state index is 11.2. The summed E-state index contributed by atoms with van der Waals surface area (Å²) in [7, 11) is 0. The second-order valence-electron chi connectivity index (χ2n) is 12.2. The van der Waals surface area contributed by atoms with Gasteiger partial charge in [0.1, 0.15) is 5.75 Å². The number of ether oxygens (including phenoxy) is 1. The molecule has 0 unspecified atom stereocenters. The molecule has 5 rings (SSSR count). The molecular formula is C35H45F3N4O5. The number of likely N-dealkylation sites (tertiary alicyclic amines) is 1. The van der Waals surface area contributed by atoms with E-state index in [1.807, 2.05) is 4.90 Å². The Morgan fingerprint density at radius 1 is 1.02 bits per heavy atom. The number of fused-ring (bicyclic) bond motifs is 1. The van der Waals surface area contributed by atoms with Gasteiger partial charge in [-0.25, -0.2) is 4.79 Å². The first-order valence-corrected chi connectivity index (χ1v) is 16.4. The third kappa shape index (κ3) is 11.1. The van der Waals surface area contributed by atoms with Crippen molar-refractivity contribution < 1.29 is 37.7 Å². The van der Waals surface area contributed by atoms with Gasteiger partial charge >= 0.3 is 18.1 Å². The van der Waals surface area contributed by atoms with Crippen molar-refractivity contribution in [2.75, 3.05) is 39.3 Å². The normalized spacial score (nSPS) is 16.7. The van der Waals surface area contributed by atoms with E-state index in [1.54, 1.807) is 0 Å².